The van der Waals surface area contributed by atoms with Crippen LogP contribution in [0.1, 0.15) is 38.9 Å². The fourth-order valence-corrected chi connectivity index (χ4v) is 1.49. The van der Waals surface area contributed by atoms with Crippen LogP contribution in [0.2, 0.25) is 0 Å². The molecular weight excluding hydrogens is 217 g/mol. The number of nitrogens with two attached hydrogens (primary N) is 1. The minimum absolute atomic E-state index is 0.141. The highest BCUT2D eigenvalue weighted by Crippen LogP contribution is 2.22. The molecule has 0 saturated heterocycles. The van der Waals surface area contributed by atoms with Crippen LogP contribution in [0, 0.1) is 11.2 Å². The molecule has 0 aliphatic heterocycles. The molecule has 0 bridgehead atoms. The van der Waals surface area contributed by atoms with Crippen LogP contribution < -0.4 is 5.73 Å². The zero-order chi connectivity index (χ0) is 12.9. The molecule has 0 spiro atoms. The second-order valence-corrected chi connectivity index (χ2v) is 5.46. The molecule has 1 atom stereocenters. The predicted octanol–water partition coefficient (Wildman–Crippen LogP) is 3.28. The zero-order valence-corrected chi connectivity index (χ0v) is 10.9. The molecular formula is C14H22FNO. The summed E-state index contributed by atoms with van der Waals surface area (Å²) in [4.78, 5) is 0. The Kier molecular flexibility index (Phi) is 5.09. The Labute approximate surface area is 103 Å². The van der Waals surface area contributed by atoms with Gasteiger partial charge in [-0.3, -0.25) is 0 Å². The van der Waals surface area contributed by atoms with Crippen LogP contribution in [-0.2, 0) is 4.74 Å². The van der Waals surface area contributed by atoms with E-state index in [1.54, 1.807) is 12.1 Å². The van der Waals surface area contributed by atoms with E-state index in [1.807, 2.05) is 0 Å². The van der Waals surface area contributed by atoms with E-state index in [2.05, 4.69) is 20.8 Å². The smallest absolute Gasteiger partial charge is 0.123 e. The summed E-state index contributed by atoms with van der Waals surface area (Å²) < 4.78 is 18.5. The van der Waals surface area contributed by atoms with Crippen LogP contribution in [0.25, 0.3) is 0 Å². The van der Waals surface area contributed by atoms with Crippen molar-refractivity contribution >= 4 is 0 Å². The molecule has 0 aliphatic rings. The van der Waals surface area contributed by atoms with Crippen LogP contribution in [0.3, 0.4) is 0 Å². The molecule has 0 heterocycles. The molecule has 0 fully saturated rings. The normalized spacial score (nSPS) is 13.7. The van der Waals surface area contributed by atoms with Crippen molar-refractivity contribution in [2.75, 3.05) is 13.2 Å². The summed E-state index contributed by atoms with van der Waals surface area (Å²) in [5.74, 6) is -0.237. The summed E-state index contributed by atoms with van der Waals surface area (Å²) in [6.07, 6.45) is 0.836. The van der Waals surface area contributed by atoms with Gasteiger partial charge in [0, 0.05) is 13.2 Å². The summed E-state index contributed by atoms with van der Waals surface area (Å²) in [6.45, 7) is 7.60. The first kappa shape index (κ1) is 14.1. The quantitative estimate of drug-likeness (QED) is 0.855. The first-order valence-corrected chi connectivity index (χ1v) is 5.99. The lowest BCUT2D eigenvalue weighted by Crippen LogP contribution is -2.18. The second kappa shape index (κ2) is 6.12. The maximum Gasteiger partial charge on any atom is 0.123 e. The lowest BCUT2D eigenvalue weighted by molar-refractivity contribution is 0.0422. The summed E-state index contributed by atoms with van der Waals surface area (Å²) >= 11 is 0. The molecule has 3 heteroatoms. The molecule has 0 aliphatic carbocycles. The van der Waals surface area contributed by atoms with Crippen LogP contribution in [0.5, 0.6) is 0 Å². The van der Waals surface area contributed by atoms with Gasteiger partial charge in [0.2, 0.25) is 0 Å². The van der Waals surface area contributed by atoms with Crippen molar-refractivity contribution in [3.05, 3.63) is 35.6 Å². The van der Waals surface area contributed by atoms with Gasteiger partial charge in [-0.1, -0.05) is 32.9 Å². The largest absolute Gasteiger partial charge is 0.372 e. The topological polar surface area (TPSA) is 35.2 Å². The van der Waals surface area contributed by atoms with Crippen molar-refractivity contribution in [2.24, 2.45) is 11.1 Å². The third-order valence-electron chi connectivity index (χ3n) is 2.63. The molecule has 2 nitrogen and oxygen atoms in total. The SMILES string of the molecule is CC(C)(C)CCOC(CN)c1ccc(F)cc1. The maximum absolute atomic E-state index is 12.8. The Morgan fingerprint density at radius 1 is 1.24 bits per heavy atom. The van der Waals surface area contributed by atoms with Gasteiger partial charge in [0.15, 0.2) is 0 Å². The van der Waals surface area contributed by atoms with E-state index in [4.69, 9.17) is 10.5 Å². The van der Waals surface area contributed by atoms with Gasteiger partial charge in [-0.15, -0.1) is 0 Å². The van der Waals surface area contributed by atoms with Gasteiger partial charge in [0.05, 0.1) is 6.10 Å². The van der Waals surface area contributed by atoms with E-state index in [0.717, 1.165) is 12.0 Å². The molecule has 1 rings (SSSR count). The van der Waals surface area contributed by atoms with E-state index >= 15 is 0 Å². The fraction of sp³-hybridized carbons (Fsp3) is 0.571. The second-order valence-electron chi connectivity index (χ2n) is 5.46. The Bertz CT molecular complexity index is 329. The number of hydrogen-bond donors (Lipinski definition) is 1. The first-order chi connectivity index (χ1) is 7.92. The standard InChI is InChI=1S/C14H22FNO/c1-14(2,3)8-9-17-13(10-16)11-4-6-12(15)7-5-11/h4-7,13H,8-10,16H2,1-3H3. The van der Waals surface area contributed by atoms with Crippen molar-refractivity contribution in [2.45, 2.75) is 33.3 Å². The van der Waals surface area contributed by atoms with E-state index in [-0.39, 0.29) is 17.3 Å². The van der Waals surface area contributed by atoms with Gasteiger partial charge in [0.1, 0.15) is 5.82 Å². The lowest BCUT2D eigenvalue weighted by atomic mass is 9.93. The molecule has 1 unspecified atom stereocenters. The van der Waals surface area contributed by atoms with Crippen molar-refractivity contribution in [1.29, 1.82) is 0 Å². The molecule has 0 amide bonds. The van der Waals surface area contributed by atoms with E-state index in [9.17, 15) is 4.39 Å². The summed E-state index contributed by atoms with van der Waals surface area (Å²) in [7, 11) is 0. The third kappa shape index (κ3) is 5.29. The van der Waals surface area contributed by atoms with Crippen molar-refractivity contribution in [3.8, 4) is 0 Å². The Morgan fingerprint density at radius 2 is 1.82 bits per heavy atom. The van der Waals surface area contributed by atoms with Crippen molar-refractivity contribution in [3.63, 3.8) is 0 Å². The molecule has 0 saturated carbocycles. The highest BCUT2D eigenvalue weighted by atomic mass is 19.1. The monoisotopic (exact) mass is 239 g/mol. The van der Waals surface area contributed by atoms with E-state index in [1.165, 1.54) is 12.1 Å². The van der Waals surface area contributed by atoms with E-state index in [0.29, 0.717) is 13.2 Å². The minimum atomic E-state index is -0.237. The zero-order valence-electron chi connectivity index (χ0n) is 10.9. The van der Waals surface area contributed by atoms with Gasteiger partial charge >= 0.3 is 0 Å². The van der Waals surface area contributed by atoms with Crippen LogP contribution >= 0.6 is 0 Å². The third-order valence-corrected chi connectivity index (χ3v) is 2.63. The van der Waals surface area contributed by atoms with Crippen LogP contribution in [0.4, 0.5) is 4.39 Å². The first-order valence-electron chi connectivity index (χ1n) is 5.99. The van der Waals surface area contributed by atoms with Crippen molar-refractivity contribution in [1.82, 2.24) is 0 Å². The number of benzene rings is 1. The van der Waals surface area contributed by atoms with Crippen LogP contribution in [-0.4, -0.2) is 13.2 Å². The molecule has 0 aromatic heterocycles. The number of halogens is 1. The average molecular weight is 239 g/mol. The lowest BCUT2D eigenvalue weighted by Gasteiger charge is -2.21. The van der Waals surface area contributed by atoms with Gasteiger partial charge in [-0.05, 0) is 29.5 Å². The predicted molar refractivity (Wildman–Crippen MR) is 68.2 cm³/mol. The Morgan fingerprint density at radius 3 is 2.29 bits per heavy atom. The maximum atomic E-state index is 12.8. The van der Waals surface area contributed by atoms with Crippen LogP contribution in [0.15, 0.2) is 24.3 Å². The molecule has 96 valence electrons. The molecule has 17 heavy (non-hydrogen) atoms. The van der Waals surface area contributed by atoms with Gasteiger partial charge in [-0.2, -0.15) is 0 Å². The van der Waals surface area contributed by atoms with Gasteiger partial charge < -0.3 is 10.5 Å². The van der Waals surface area contributed by atoms with Crippen molar-refractivity contribution < 1.29 is 9.13 Å². The average Bonchev–Trinajstić information content (AvgIpc) is 2.24. The number of hydrogen-bond acceptors (Lipinski definition) is 2. The Hall–Kier alpha value is -0.930. The summed E-state index contributed by atoms with van der Waals surface area (Å²) in [5.41, 5.74) is 6.86. The fourth-order valence-electron chi connectivity index (χ4n) is 1.49. The molecule has 1 aromatic carbocycles. The minimum Gasteiger partial charge on any atom is -0.372 e. The molecule has 1 aromatic rings. The molecule has 0 radical (unpaired) electrons. The highest BCUT2D eigenvalue weighted by Gasteiger charge is 2.14. The van der Waals surface area contributed by atoms with E-state index < -0.39 is 0 Å². The van der Waals surface area contributed by atoms with Gasteiger partial charge in [-0.25, -0.2) is 4.39 Å². The summed E-state index contributed by atoms with van der Waals surface area (Å²) in [6, 6.07) is 6.32. The highest BCUT2D eigenvalue weighted by molar-refractivity contribution is 5.18. The Balaban J connectivity index is 2.51. The number of ether oxygens (including phenoxy) is 1. The molecule has 2 N–H and O–H groups in total. The number of rotatable bonds is 5. The van der Waals surface area contributed by atoms with Gasteiger partial charge in [0.25, 0.3) is 0 Å². The summed E-state index contributed by atoms with van der Waals surface area (Å²) in [5, 5.41) is 0.